The molecule has 1 aliphatic heterocycles. The molecule has 9 nitrogen and oxygen atoms in total. The average molecular weight is 491 g/mol. The second-order valence-corrected chi connectivity index (χ2v) is 10.5. The smallest absolute Gasteiger partial charge is 0.315 e. The Balaban J connectivity index is 1.64. The Hall–Kier alpha value is -2.52. The topological polar surface area (TPSA) is 101 Å². The van der Waals surface area contributed by atoms with Crippen LogP contribution < -0.4 is 25.4 Å². The molecule has 196 valence electrons. The second-order valence-electron chi connectivity index (χ2n) is 10.5. The van der Waals surface area contributed by atoms with Gasteiger partial charge in [-0.05, 0) is 57.7 Å². The predicted octanol–water partition coefficient (Wildman–Crippen LogP) is 2.68. The zero-order valence-electron chi connectivity index (χ0n) is 21.8. The molecule has 0 aromatic heterocycles. The molecule has 0 spiro atoms. The van der Waals surface area contributed by atoms with Crippen LogP contribution >= 0.6 is 0 Å². The van der Waals surface area contributed by atoms with E-state index in [9.17, 15) is 9.59 Å². The van der Waals surface area contributed by atoms with Crippen molar-refractivity contribution in [1.29, 1.82) is 0 Å². The van der Waals surface area contributed by atoms with E-state index in [4.69, 9.17) is 14.2 Å². The van der Waals surface area contributed by atoms with E-state index in [1.807, 2.05) is 43.9 Å². The lowest BCUT2D eigenvalue weighted by molar-refractivity contribution is -0.137. The molecule has 35 heavy (non-hydrogen) atoms. The minimum atomic E-state index is -0.312. The number of amides is 3. The molecule has 1 saturated carbocycles. The van der Waals surface area contributed by atoms with Crippen molar-refractivity contribution in [3.05, 3.63) is 23.8 Å². The van der Waals surface area contributed by atoms with E-state index in [0.717, 1.165) is 30.6 Å². The monoisotopic (exact) mass is 490 g/mol. The third kappa shape index (κ3) is 8.89. The Morgan fingerprint density at radius 1 is 1.09 bits per heavy atom. The summed E-state index contributed by atoms with van der Waals surface area (Å²) in [5, 5.41) is 9.28. The average Bonchev–Trinajstić information content (AvgIpc) is 3.64. The first-order valence-electron chi connectivity index (χ1n) is 12.6. The van der Waals surface area contributed by atoms with E-state index in [1.165, 1.54) is 0 Å². The fourth-order valence-corrected chi connectivity index (χ4v) is 4.32. The number of hydrogen-bond donors (Lipinski definition) is 3. The van der Waals surface area contributed by atoms with E-state index in [2.05, 4.69) is 16.0 Å². The molecule has 3 amide bonds. The van der Waals surface area contributed by atoms with Crippen molar-refractivity contribution in [3.63, 3.8) is 0 Å². The van der Waals surface area contributed by atoms with Crippen LogP contribution in [0.3, 0.4) is 0 Å². The molecule has 1 heterocycles. The quantitative estimate of drug-likeness (QED) is 0.413. The second kappa shape index (κ2) is 12.4. The number of ether oxygens (including phenoxy) is 3. The maximum atomic E-state index is 13.6. The normalized spacial score (nSPS) is 20.1. The number of carbonyl (C=O) groups excluding carboxylic acids is 2. The van der Waals surface area contributed by atoms with Gasteiger partial charge in [0, 0.05) is 63.5 Å². The van der Waals surface area contributed by atoms with Gasteiger partial charge >= 0.3 is 6.03 Å². The third-order valence-electron chi connectivity index (χ3n) is 6.08. The number of rotatable bonds is 11. The zero-order valence-corrected chi connectivity index (χ0v) is 21.8. The lowest BCUT2D eigenvalue weighted by Crippen LogP contribution is -2.56. The van der Waals surface area contributed by atoms with Crippen LogP contribution in [0.25, 0.3) is 0 Å². The van der Waals surface area contributed by atoms with Gasteiger partial charge in [0.15, 0.2) is 0 Å². The number of benzene rings is 1. The zero-order chi connectivity index (χ0) is 25.4. The lowest BCUT2D eigenvalue weighted by atomic mass is 9.94. The predicted molar refractivity (Wildman–Crippen MR) is 135 cm³/mol. The Labute approximate surface area is 209 Å². The summed E-state index contributed by atoms with van der Waals surface area (Å²) in [6, 6.07) is 5.78. The number of hydrogen-bond acceptors (Lipinski definition) is 6. The Bertz CT molecular complexity index is 853. The van der Waals surface area contributed by atoms with Gasteiger partial charge in [-0.1, -0.05) is 0 Å². The van der Waals surface area contributed by atoms with Crippen LogP contribution in [0.15, 0.2) is 18.2 Å². The van der Waals surface area contributed by atoms with Gasteiger partial charge in [-0.25, -0.2) is 4.79 Å². The largest absolute Gasteiger partial charge is 0.497 e. The van der Waals surface area contributed by atoms with Crippen molar-refractivity contribution in [3.8, 4) is 11.5 Å². The van der Waals surface area contributed by atoms with Crippen molar-refractivity contribution in [2.24, 2.45) is 5.92 Å². The van der Waals surface area contributed by atoms with Crippen molar-refractivity contribution >= 4 is 11.9 Å². The highest BCUT2D eigenvalue weighted by atomic mass is 16.5. The molecule has 0 radical (unpaired) electrons. The van der Waals surface area contributed by atoms with Crippen molar-refractivity contribution in [2.45, 2.75) is 70.6 Å². The fourth-order valence-electron chi connectivity index (χ4n) is 4.32. The van der Waals surface area contributed by atoms with Crippen LogP contribution in [0.5, 0.6) is 11.5 Å². The first kappa shape index (κ1) is 27.1. The van der Waals surface area contributed by atoms with Crippen molar-refractivity contribution < 1.29 is 23.8 Å². The molecular weight excluding hydrogens is 448 g/mol. The molecule has 1 aliphatic carbocycles. The van der Waals surface area contributed by atoms with Gasteiger partial charge in [-0.2, -0.15) is 0 Å². The number of nitrogens with one attached hydrogen (secondary N) is 3. The summed E-state index contributed by atoms with van der Waals surface area (Å²) >= 11 is 0. The van der Waals surface area contributed by atoms with Gasteiger partial charge < -0.3 is 35.1 Å². The summed E-state index contributed by atoms with van der Waals surface area (Å²) in [5.74, 6) is 1.39. The minimum absolute atomic E-state index is 0.0926. The van der Waals surface area contributed by atoms with Crippen LogP contribution in [-0.2, 0) is 16.1 Å². The molecule has 2 atom stereocenters. The number of urea groups is 1. The molecule has 2 aliphatic rings. The Morgan fingerprint density at radius 2 is 1.83 bits per heavy atom. The highest BCUT2D eigenvalue weighted by Crippen LogP contribution is 2.32. The minimum Gasteiger partial charge on any atom is -0.497 e. The van der Waals surface area contributed by atoms with Crippen LogP contribution in [0.4, 0.5) is 4.79 Å². The first-order chi connectivity index (χ1) is 16.7. The van der Waals surface area contributed by atoms with Crippen LogP contribution in [0.1, 0.15) is 52.0 Å². The van der Waals surface area contributed by atoms with Crippen LogP contribution in [-0.4, -0.2) is 75.0 Å². The number of methoxy groups -OCH3 is 2. The maximum absolute atomic E-state index is 13.6. The molecular formula is C26H42N4O5. The molecule has 2 fully saturated rings. The highest BCUT2D eigenvalue weighted by Gasteiger charge is 2.38. The van der Waals surface area contributed by atoms with Gasteiger partial charge in [0.1, 0.15) is 11.5 Å². The van der Waals surface area contributed by atoms with Crippen LogP contribution in [0, 0.1) is 5.92 Å². The molecule has 9 heteroatoms. The summed E-state index contributed by atoms with van der Waals surface area (Å²) in [7, 11) is 3.31. The van der Waals surface area contributed by atoms with Gasteiger partial charge in [-0.15, -0.1) is 0 Å². The summed E-state index contributed by atoms with van der Waals surface area (Å²) in [5.41, 5.74) is 0.669. The molecule has 3 N–H and O–H groups in total. The molecule has 1 aromatic carbocycles. The van der Waals surface area contributed by atoms with Crippen molar-refractivity contribution in [1.82, 2.24) is 20.9 Å². The van der Waals surface area contributed by atoms with Gasteiger partial charge in [0.05, 0.1) is 19.6 Å². The number of carbonyl (C=O) groups is 2. The summed E-state index contributed by atoms with van der Waals surface area (Å²) in [4.78, 5) is 27.9. The molecule has 1 saturated heterocycles. The van der Waals surface area contributed by atoms with E-state index < -0.39 is 0 Å². The highest BCUT2D eigenvalue weighted by molar-refractivity contribution is 5.80. The van der Waals surface area contributed by atoms with Crippen molar-refractivity contribution in [2.75, 3.05) is 40.5 Å². The summed E-state index contributed by atoms with van der Waals surface area (Å²) < 4.78 is 16.5. The fraction of sp³-hybridized carbons (Fsp3) is 0.692. The van der Waals surface area contributed by atoms with E-state index in [-0.39, 0.29) is 35.5 Å². The maximum Gasteiger partial charge on any atom is 0.315 e. The third-order valence-corrected chi connectivity index (χ3v) is 6.08. The van der Waals surface area contributed by atoms with E-state index in [0.29, 0.717) is 45.0 Å². The van der Waals surface area contributed by atoms with Crippen LogP contribution in [0.2, 0.25) is 0 Å². The van der Waals surface area contributed by atoms with E-state index in [1.54, 1.807) is 14.2 Å². The molecule has 2 unspecified atom stereocenters. The number of nitrogens with zero attached hydrogens (tertiary/aromatic N) is 1. The lowest BCUT2D eigenvalue weighted by Gasteiger charge is -2.34. The van der Waals surface area contributed by atoms with Gasteiger partial charge in [0.25, 0.3) is 0 Å². The number of piperidine rings is 1. The molecule has 3 rings (SSSR count). The molecule has 1 aromatic rings. The Kier molecular flexibility index (Phi) is 9.63. The first-order valence-corrected chi connectivity index (χ1v) is 12.6. The SMILES string of the molecule is COCCCOc1cc(CN(C(=O)C2CNCC(NC(=O)NC(C)(C)C)C2)C2CC2)cc(OC)c1. The summed E-state index contributed by atoms with van der Waals surface area (Å²) in [6.45, 7) is 8.81. The standard InChI is InChI=1S/C26H42N4O5/c1-26(2,3)29-25(32)28-20-13-19(15-27-16-20)24(31)30(21-7-8-21)17-18-11-22(34-5)14-23(12-18)35-10-6-9-33-4/h11-12,14,19-21,27H,6-10,13,15-17H2,1-5H3,(H2,28,29,32). The van der Waals surface area contributed by atoms with Gasteiger partial charge in [0.2, 0.25) is 5.91 Å². The summed E-state index contributed by atoms with van der Waals surface area (Å²) in [6.07, 6.45) is 3.46. The van der Waals surface area contributed by atoms with E-state index >= 15 is 0 Å². The Morgan fingerprint density at radius 3 is 2.49 bits per heavy atom. The molecule has 0 bridgehead atoms. The van der Waals surface area contributed by atoms with Gasteiger partial charge in [-0.3, -0.25) is 4.79 Å².